The molecule has 0 spiro atoms. The van der Waals surface area contributed by atoms with Gasteiger partial charge in [-0.2, -0.15) is 4.98 Å². The first-order chi connectivity index (χ1) is 7.79. The lowest BCUT2D eigenvalue weighted by atomic mass is 10.4. The van der Waals surface area contributed by atoms with Crippen molar-refractivity contribution in [2.24, 2.45) is 0 Å². The van der Waals surface area contributed by atoms with Crippen molar-refractivity contribution in [2.75, 3.05) is 13.2 Å². The number of aromatic nitrogens is 2. The molecular weight excluding hydrogens is 210 g/mol. The summed E-state index contributed by atoms with van der Waals surface area (Å²) >= 11 is 0. The molecule has 0 amide bonds. The Bertz CT molecular complexity index is 335. The van der Waals surface area contributed by atoms with Crippen molar-refractivity contribution in [3.63, 3.8) is 0 Å². The average Bonchev–Trinajstić information content (AvgIpc) is 2.98. The minimum Gasteiger partial charge on any atom is -0.465 e. The van der Waals surface area contributed by atoms with Crippen molar-refractivity contribution in [2.45, 2.75) is 32.4 Å². The van der Waals surface area contributed by atoms with Crippen molar-refractivity contribution >= 4 is 5.97 Å². The number of rotatable bonds is 6. The second kappa shape index (κ2) is 5.07. The summed E-state index contributed by atoms with van der Waals surface area (Å²) in [7, 11) is 0. The highest BCUT2D eigenvalue weighted by Crippen LogP contribution is 2.27. The van der Waals surface area contributed by atoms with Gasteiger partial charge in [0, 0.05) is 6.04 Å². The van der Waals surface area contributed by atoms with Gasteiger partial charge in [-0.3, -0.25) is 9.69 Å². The topological polar surface area (TPSA) is 68.5 Å². The summed E-state index contributed by atoms with van der Waals surface area (Å²) in [5, 5.41) is 3.54. The molecule has 1 aliphatic rings. The number of carbonyl (C=O) groups excluding carboxylic acids is 1. The van der Waals surface area contributed by atoms with E-state index in [1.807, 2.05) is 4.90 Å². The minimum atomic E-state index is -0.200. The van der Waals surface area contributed by atoms with Gasteiger partial charge in [0.25, 0.3) is 0 Å². The maximum absolute atomic E-state index is 11.4. The third kappa shape index (κ3) is 3.03. The number of hydrogen-bond donors (Lipinski definition) is 0. The maximum atomic E-state index is 11.4. The summed E-state index contributed by atoms with van der Waals surface area (Å²) in [4.78, 5) is 17.4. The van der Waals surface area contributed by atoms with Crippen LogP contribution >= 0.6 is 0 Å². The lowest BCUT2D eigenvalue weighted by molar-refractivity contribution is -0.144. The van der Waals surface area contributed by atoms with Crippen LogP contribution in [0.2, 0.25) is 0 Å². The van der Waals surface area contributed by atoms with Gasteiger partial charge in [0.2, 0.25) is 5.89 Å². The fourth-order valence-electron chi connectivity index (χ4n) is 1.57. The quantitative estimate of drug-likeness (QED) is 0.660. The Hall–Kier alpha value is -1.43. The molecule has 1 fully saturated rings. The summed E-state index contributed by atoms with van der Waals surface area (Å²) in [5.74, 6) is 0.338. The number of ether oxygens (including phenoxy) is 1. The summed E-state index contributed by atoms with van der Waals surface area (Å²) in [5.41, 5.74) is 0. The Morgan fingerprint density at radius 3 is 3.06 bits per heavy atom. The van der Waals surface area contributed by atoms with Gasteiger partial charge in [-0.05, 0) is 19.8 Å². The van der Waals surface area contributed by atoms with Gasteiger partial charge in [0.15, 0.2) is 6.33 Å². The highest BCUT2D eigenvalue weighted by molar-refractivity contribution is 5.71. The number of nitrogens with zero attached hydrogens (tertiary/aromatic N) is 3. The third-order valence-corrected chi connectivity index (χ3v) is 2.45. The second-order valence-electron chi connectivity index (χ2n) is 3.78. The van der Waals surface area contributed by atoms with Crippen LogP contribution in [0.4, 0.5) is 0 Å². The van der Waals surface area contributed by atoms with E-state index in [2.05, 4.69) is 10.1 Å². The SMILES string of the molecule is CCOC(=O)CN(Cc1ncno1)C1CC1. The van der Waals surface area contributed by atoms with E-state index in [0.717, 1.165) is 12.8 Å². The molecule has 0 bridgehead atoms. The van der Waals surface area contributed by atoms with Crippen LogP contribution < -0.4 is 0 Å². The Morgan fingerprint density at radius 1 is 1.69 bits per heavy atom. The highest BCUT2D eigenvalue weighted by atomic mass is 16.5. The second-order valence-corrected chi connectivity index (χ2v) is 3.78. The highest BCUT2D eigenvalue weighted by Gasteiger charge is 2.31. The van der Waals surface area contributed by atoms with E-state index in [0.29, 0.717) is 31.6 Å². The van der Waals surface area contributed by atoms with Crippen molar-refractivity contribution in [1.82, 2.24) is 15.0 Å². The molecule has 1 aromatic heterocycles. The fourth-order valence-corrected chi connectivity index (χ4v) is 1.57. The van der Waals surface area contributed by atoms with Crippen LogP contribution in [0.25, 0.3) is 0 Å². The summed E-state index contributed by atoms with van der Waals surface area (Å²) in [6.45, 7) is 3.03. The summed E-state index contributed by atoms with van der Waals surface area (Å²) < 4.78 is 9.85. The Kier molecular flexibility index (Phi) is 3.51. The molecule has 1 aliphatic carbocycles. The van der Waals surface area contributed by atoms with E-state index in [9.17, 15) is 4.79 Å². The maximum Gasteiger partial charge on any atom is 0.320 e. The Balaban J connectivity index is 1.87. The minimum absolute atomic E-state index is 0.200. The van der Waals surface area contributed by atoms with Crippen molar-refractivity contribution < 1.29 is 14.1 Å². The van der Waals surface area contributed by atoms with Gasteiger partial charge in [0.05, 0.1) is 19.7 Å². The lowest BCUT2D eigenvalue weighted by Gasteiger charge is -2.18. The molecule has 0 aromatic carbocycles. The monoisotopic (exact) mass is 225 g/mol. The molecule has 0 saturated heterocycles. The van der Waals surface area contributed by atoms with Crippen LogP contribution in [0.1, 0.15) is 25.7 Å². The lowest BCUT2D eigenvalue weighted by Crippen LogP contribution is -2.32. The molecule has 0 aliphatic heterocycles. The van der Waals surface area contributed by atoms with E-state index >= 15 is 0 Å². The zero-order valence-corrected chi connectivity index (χ0v) is 9.26. The molecule has 1 aromatic rings. The van der Waals surface area contributed by atoms with Gasteiger partial charge in [-0.1, -0.05) is 5.16 Å². The first-order valence-electron chi connectivity index (χ1n) is 5.44. The molecule has 0 unspecified atom stereocenters. The van der Waals surface area contributed by atoms with Crippen LogP contribution in [0.5, 0.6) is 0 Å². The fraction of sp³-hybridized carbons (Fsp3) is 0.700. The molecule has 6 heteroatoms. The third-order valence-electron chi connectivity index (χ3n) is 2.45. The summed E-state index contributed by atoms with van der Waals surface area (Å²) in [6, 6.07) is 0.455. The summed E-state index contributed by atoms with van der Waals surface area (Å²) in [6.07, 6.45) is 3.60. The van der Waals surface area contributed by atoms with Crippen LogP contribution in [0.3, 0.4) is 0 Å². The Labute approximate surface area is 93.6 Å². The number of hydrogen-bond acceptors (Lipinski definition) is 6. The molecule has 1 heterocycles. The molecule has 0 atom stereocenters. The molecular formula is C10H15N3O3. The molecule has 1 saturated carbocycles. The van der Waals surface area contributed by atoms with E-state index in [1.54, 1.807) is 6.92 Å². The van der Waals surface area contributed by atoms with Crippen LogP contribution in [0.15, 0.2) is 10.9 Å². The number of carbonyl (C=O) groups is 1. The van der Waals surface area contributed by atoms with Gasteiger partial charge >= 0.3 is 5.97 Å². The predicted octanol–water partition coefficient (Wildman–Crippen LogP) is 0.597. The van der Waals surface area contributed by atoms with Gasteiger partial charge in [-0.15, -0.1) is 0 Å². The zero-order valence-electron chi connectivity index (χ0n) is 9.26. The molecule has 6 nitrogen and oxygen atoms in total. The van der Waals surface area contributed by atoms with Crippen LogP contribution in [-0.4, -0.2) is 40.2 Å². The molecule has 0 radical (unpaired) electrons. The van der Waals surface area contributed by atoms with E-state index in [4.69, 9.17) is 9.26 Å². The first kappa shape index (κ1) is 11.1. The van der Waals surface area contributed by atoms with Gasteiger partial charge in [-0.25, -0.2) is 0 Å². The van der Waals surface area contributed by atoms with Crippen molar-refractivity contribution in [1.29, 1.82) is 0 Å². The van der Waals surface area contributed by atoms with Crippen molar-refractivity contribution in [3.8, 4) is 0 Å². The van der Waals surface area contributed by atoms with Gasteiger partial charge in [0.1, 0.15) is 0 Å². The van der Waals surface area contributed by atoms with Crippen LogP contribution in [0, 0.1) is 0 Å². The smallest absolute Gasteiger partial charge is 0.320 e. The predicted molar refractivity (Wildman–Crippen MR) is 54.4 cm³/mol. The van der Waals surface area contributed by atoms with Crippen LogP contribution in [-0.2, 0) is 16.1 Å². The average molecular weight is 225 g/mol. The molecule has 88 valence electrons. The molecule has 2 rings (SSSR count). The van der Waals surface area contributed by atoms with Crippen molar-refractivity contribution in [3.05, 3.63) is 12.2 Å². The standard InChI is InChI=1S/C10H15N3O3/c1-2-15-10(14)6-13(8-3-4-8)5-9-11-7-12-16-9/h7-8H,2-6H2,1H3. The van der Waals surface area contributed by atoms with E-state index < -0.39 is 0 Å². The van der Waals surface area contributed by atoms with Gasteiger partial charge < -0.3 is 9.26 Å². The normalized spacial score (nSPS) is 15.4. The zero-order chi connectivity index (χ0) is 11.4. The van der Waals surface area contributed by atoms with E-state index in [-0.39, 0.29) is 5.97 Å². The molecule has 0 N–H and O–H groups in total. The largest absolute Gasteiger partial charge is 0.465 e. The number of esters is 1. The Morgan fingerprint density at radius 2 is 2.50 bits per heavy atom. The molecule has 16 heavy (non-hydrogen) atoms. The first-order valence-corrected chi connectivity index (χ1v) is 5.44. The van der Waals surface area contributed by atoms with E-state index in [1.165, 1.54) is 6.33 Å².